The molecular formula is C11H25N3O2. The van der Waals surface area contributed by atoms with Crippen LogP contribution >= 0.6 is 0 Å². The maximum Gasteiger partial charge on any atom is 0.236 e. The molecule has 0 fully saturated rings. The average molecular weight is 231 g/mol. The van der Waals surface area contributed by atoms with Crippen LogP contribution in [0.5, 0.6) is 0 Å². The van der Waals surface area contributed by atoms with Crippen LogP contribution in [-0.2, 0) is 4.79 Å². The third-order valence-electron chi connectivity index (χ3n) is 2.56. The van der Waals surface area contributed by atoms with E-state index in [1.54, 1.807) is 11.9 Å². The highest BCUT2D eigenvalue weighted by Gasteiger charge is 2.12. The largest absolute Gasteiger partial charge is 0.396 e. The van der Waals surface area contributed by atoms with Gasteiger partial charge in [-0.15, -0.1) is 0 Å². The van der Waals surface area contributed by atoms with Crippen LogP contribution < -0.4 is 5.73 Å². The van der Waals surface area contributed by atoms with E-state index in [0.717, 1.165) is 19.5 Å². The van der Waals surface area contributed by atoms with Gasteiger partial charge in [0.15, 0.2) is 0 Å². The minimum absolute atomic E-state index is 0.119. The van der Waals surface area contributed by atoms with Gasteiger partial charge >= 0.3 is 0 Å². The van der Waals surface area contributed by atoms with E-state index < -0.39 is 0 Å². The maximum atomic E-state index is 11.8. The zero-order chi connectivity index (χ0) is 12.4. The molecule has 0 aromatic heterocycles. The van der Waals surface area contributed by atoms with Gasteiger partial charge in [0.2, 0.25) is 5.91 Å². The zero-order valence-corrected chi connectivity index (χ0v) is 10.5. The Morgan fingerprint density at radius 2 is 2.00 bits per heavy atom. The first-order valence-corrected chi connectivity index (χ1v) is 5.92. The van der Waals surface area contributed by atoms with Gasteiger partial charge in [-0.05, 0) is 25.9 Å². The molecule has 0 aliphatic heterocycles. The Balaban J connectivity index is 3.88. The van der Waals surface area contributed by atoms with E-state index in [0.29, 0.717) is 26.1 Å². The van der Waals surface area contributed by atoms with Gasteiger partial charge in [-0.3, -0.25) is 9.69 Å². The number of hydrogen-bond donors (Lipinski definition) is 2. The summed E-state index contributed by atoms with van der Waals surface area (Å²) in [5.41, 5.74) is 5.39. The Labute approximate surface area is 98.2 Å². The van der Waals surface area contributed by atoms with Crippen molar-refractivity contribution in [3.8, 4) is 0 Å². The molecule has 96 valence electrons. The van der Waals surface area contributed by atoms with Crippen molar-refractivity contribution in [3.05, 3.63) is 0 Å². The molecule has 0 rings (SSSR count). The summed E-state index contributed by atoms with van der Waals surface area (Å²) in [6.07, 6.45) is 1.55. The standard InChI is InChI=1S/C11H25N3O2/c1-3-14(8-5-9-15)10-11(16)13(2)7-4-6-12/h15H,3-10,12H2,1-2H3. The molecule has 0 bridgehead atoms. The van der Waals surface area contributed by atoms with Crippen LogP contribution in [-0.4, -0.2) is 67.2 Å². The fraction of sp³-hybridized carbons (Fsp3) is 0.909. The predicted octanol–water partition coefficient (Wildman–Crippen LogP) is -0.502. The predicted molar refractivity (Wildman–Crippen MR) is 65.1 cm³/mol. The monoisotopic (exact) mass is 231 g/mol. The number of carbonyl (C=O) groups is 1. The SMILES string of the molecule is CCN(CCCO)CC(=O)N(C)CCCN. The first-order chi connectivity index (χ1) is 7.65. The first kappa shape index (κ1) is 15.3. The lowest BCUT2D eigenvalue weighted by atomic mass is 10.3. The van der Waals surface area contributed by atoms with Crippen LogP contribution in [0, 0.1) is 0 Å². The summed E-state index contributed by atoms with van der Waals surface area (Å²) >= 11 is 0. The van der Waals surface area contributed by atoms with Crippen molar-refractivity contribution in [2.45, 2.75) is 19.8 Å². The first-order valence-electron chi connectivity index (χ1n) is 5.92. The molecule has 3 N–H and O–H groups in total. The minimum atomic E-state index is 0.119. The van der Waals surface area contributed by atoms with E-state index in [9.17, 15) is 4.79 Å². The fourth-order valence-electron chi connectivity index (χ4n) is 1.41. The number of aliphatic hydroxyl groups is 1. The molecule has 0 aromatic carbocycles. The molecule has 0 radical (unpaired) electrons. The molecule has 16 heavy (non-hydrogen) atoms. The number of likely N-dealkylation sites (N-methyl/N-ethyl adjacent to an activating group) is 2. The second-order valence-electron chi connectivity index (χ2n) is 3.90. The quantitative estimate of drug-likeness (QED) is 0.561. The maximum absolute atomic E-state index is 11.8. The van der Waals surface area contributed by atoms with E-state index in [4.69, 9.17) is 10.8 Å². The van der Waals surface area contributed by atoms with Gasteiger partial charge in [0.25, 0.3) is 0 Å². The molecule has 0 aliphatic carbocycles. The fourth-order valence-corrected chi connectivity index (χ4v) is 1.41. The van der Waals surface area contributed by atoms with Crippen molar-refractivity contribution in [3.63, 3.8) is 0 Å². The van der Waals surface area contributed by atoms with Gasteiger partial charge in [0, 0.05) is 26.7 Å². The van der Waals surface area contributed by atoms with Crippen molar-refractivity contribution in [1.82, 2.24) is 9.80 Å². The minimum Gasteiger partial charge on any atom is -0.396 e. The number of amides is 1. The van der Waals surface area contributed by atoms with Gasteiger partial charge in [-0.1, -0.05) is 6.92 Å². The molecule has 0 saturated carbocycles. The molecular weight excluding hydrogens is 206 g/mol. The van der Waals surface area contributed by atoms with Crippen LogP contribution in [0.1, 0.15) is 19.8 Å². The molecule has 0 atom stereocenters. The topological polar surface area (TPSA) is 69.8 Å². The summed E-state index contributed by atoms with van der Waals surface area (Å²) in [5.74, 6) is 0.119. The van der Waals surface area contributed by atoms with Crippen molar-refractivity contribution >= 4 is 5.91 Å². The molecule has 1 amide bonds. The number of rotatable bonds is 9. The molecule has 5 nitrogen and oxygen atoms in total. The Hall–Kier alpha value is -0.650. The van der Waals surface area contributed by atoms with E-state index >= 15 is 0 Å². The van der Waals surface area contributed by atoms with Gasteiger partial charge < -0.3 is 15.7 Å². The van der Waals surface area contributed by atoms with Crippen molar-refractivity contribution in [1.29, 1.82) is 0 Å². The second-order valence-corrected chi connectivity index (χ2v) is 3.90. The lowest BCUT2D eigenvalue weighted by molar-refractivity contribution is -0.131. The Morgan fingerprint density at radius 3 is 2.50 bits per heavy atom. The van der Waals surface area contributed by atoms with E-state index in [1.807, 2.05) is 11.8 Å². The smallest absolute Gasteiger partial charge is 0.236 e. The third-order valence-corrected chi connectivity index (χ3v) is 2.56. The van der Waals surface area contributed by atoms with Gasteiger partial charge in [-0.25, -0.2) is 0 Å². The normalized spacial score (nSPS) is 10.8. The van der Waals surface area contributed by atoms with Crippen LogP contribution in [0.25, 0.3) is 0 Å². The van der Waals surface area contributed by atoms with Crippen LogP contribution in [0.2, 0.25) is 0 Å². The van der Waals surface area contributed by atoms with Gasteiger partial charge in [0.05, 0.1) is 6.54 Å². The highest BCUT2D eigenvalue weighted by Crippen LogP contribution is 1.95. The third kappa shape index (κ3) is 6.76. The molecule has 0 unspecified atom stereocenters. The van der Waals surface area contributed by atoms with Crippen molar-refractivity contribution in [2.24, 2.45) is 5.73 Å². The molecule has 0 aliphatic rings. The number of carbonyl (C=O) groups excluding carboxylic acids is 1. The summed E-state index contributed by atoms with van der Waals surface area (Å²) in [6.45, 7) is 5.54. The van der Waals surface area contributed by atoms with Crippen molar-refractivity contribution < 1.29 is 9.90 Å². The van der Waals surface area contributed by atoms with E-state index in [2.05, 4.69) is 0 Å². The number of nitrogens with zero attached hydrogens (tertiary/aromatic N) is 2. The van der Waals surface area contributed by atoms with Gasteiger partial charge in [0.1, 0.15) is 0 Å². The molecule has 0 aromatic rings. The second kappa shape index (κ2) is 9.57. The lowest BCUT2D eigenvalue weighted by Gasteiger charge is -2.23. The van der Waals surface area contributed by atoms with Crippen molar-refractivity contribution in [2.75, 3.05) is 46.4 Å². The average Bonchev–Trinajstić information content (AvgIpc) is 2.30. The Kier molecular flexibility index (Phi) is 9.18. The lowest BCUT2D eigenvalue weighted by Crippen LogP contribution is -2.39. The molecule has 0 heterocycles. The van der Waals surface area contributed by atoms with E-state index in [1.165, 1.54) is 0 Å². The Morgan fingerprint density at radius 1 is 1.31 bits per heavy atom. The summed E-state index contributed by atoms with van der Waals surface area (Å²) in [5, 5.41) is 8.73. The van der Waals surface area contributed by atoms with Crippen LogP contribution in [0.3, 0.4) is 0 Å². The summed E-state index contributed by atoms with van der Waals surface area (Å²) < 4.78 is 0. The Bertz CT molecular complexity index is 188. The zero-order valence-electron chi connectivity index (χ0n) is 10.5. The highest BCUT2D eigenvalue weighted by atomic mass is 16.3. The molecule has 0 spiro atoms. The molecule has 0 saturated heterocycles. The van der Waals surface area contributed by atoms with Crippen LogP contribution in [0.4, 0.5) is 0 Å². The molecule has 5 heteroatoms. The summed E-state index contributed by atoms with van der Waals surface area (Å²) in [4.78, 5) is 15.5. The van der Waals surface area contributed by atoms with E-state index in [-0.39, 0.29) is 12.5 Å². The van der Waals surface area contributed by atoms with Crippen LogP contribution in [0.15, 0.2) is 0 Å². The highest BCUT2D eigenvalue weighted by molar-refractivity contribution is 5.77. The summed E-state index contributed by atoms with van der Waals surface area (Å²) in [6, 6.07) is 0. The number of nitrogens with two attached hydrogens (primary N) is 1. The summed E-state index contributed by atoms with van der Waals surface area (Å²) in [7, 11) is 1.80. The van der Waals surface area contributed by atoms with Gasteiger partial charge in [-0.2, -0.15) is 0 Å². The number of aliphatic hydroxyl groups excluding tert-OH is 1. The number of hydrogen-bond acceptors (Lipinski definition) is 4.